The number of carbonyl (C=O) groups excluding carboxylic acids is 1. The van der Waals surface area contributed by atoms with Gasteiger partial charge in [-0.2, -0.15) is 0 Å². The molecule has 1 aromatic carbocycles. The number of amides is 1. The number of nitrogens with zero attached hydrogens (tertiary/aromatic N) is 4. The van der Waals surface area contributed by atoms with Gasteiger partial charge in [0, 0.05) is 46.1 Å². The third-order valence-electron chi connectivity index (χ3n) is 5.09. The van der Waals surface area contributed by atoms with Gasteiger partial charge in [0.1, 0.15) is 11.6 Å². The van der Waals surface area contributed by atoms with Crippen LogP contribution < -0.4 is 10.1 Å². The monoisotopic (exact) mass is 401 g/mol. The second-order valence-corrected chi connectivity index (χ2v) is 7.26. The van der Waals surface area contributed by atoms with Gasteiger partial charge in [0.2, 0.25) is 5.91 Å². The number of hydrogen-bond donors (Lipinski definition) is 1. The first-order chi connectivity index (χ1) is 14.1. The van der Waals surface area contributed by atoms with E-state index in [0.717, 1.165) is 50.0 Å². The molecule has 3 rings (SSSR count). The van der Waals surface area contributed by atoms with E-state index < -0.39 is 0 Å². The number of hydrogen-bond acceptors (Lipinski definition) is 6. The highest BCUT2D eigenvalue weighted by atomic mass is 16.5. The largest absolute Gasteiger partial charge is 0.494 e. The Labute approximate surface area is 172 Å². The maximum Gasteiger partial charge on any atom is 0.222 e. The van der Waals surface area contributed by atoms with Gasteiger partial charge in [-0.1, -0.05) is 12.1 Å². The Morgan fingerprint density at radius 3 is 2.72 bits per heavy atom. The van der Waals surface area contributed by atoms with Crippen LogP contribution in [0.5, 0.6) is 5.75 Å². The SMILES string of the molecule is CCOc1ccc(CN2CCc3nnc([C@@H](C)NC(=O)CCOC)n3CC2)cc1. The Balaban J connectivity index is 1.58. The molecule has 2 aromatic rings. The fourth-order valence-electron chi connectivity index (χ4n) is 3.56. The zero-order valence-electron chi connectivity index (χ0n) is 17.6. The van der Waals surface area contributed by atoms with Gasteiger partial charge >= 0.3 is 0 Å². The maximum atomic E-state index is 12.0. The van der Waals surface area contributed by atoms with Crippen molar-refractivity contribution < 1.29 is 14.3 Å². The van der Waals surface area contributed by atoms with Gasteiger partial charge in [-0.15, -0.1) is 10.2 Å². The van der Waals surface area contributed by atoms with Gasteiger partial charge < -0.3 is 19.4 Å². The molecule has 2 heterocycles. The molecule has 158 valence electrons. The lowest BCUT2D eigenvalue weighted by Crippen LogP contribution is -2.30. The van der Waals surface area contributed by atoms with Gasteiger partial charge in [-0.3, -0.25) is 9.69 Å². The zero-order chi connectivity index (χ0) is 20.6. The number of rotatable bonds is 9. The predicted octanol–water partition coefficient (Wildman–Crippen LogP) is 1.95. The smallest absolute Gasteiger partial charge is 0.222 e. The number of benzene rings is 1. The molecule has 0 saturated carbocycles. The van der Waals surface area contributed by atoms with Crippen molar-refractivity contribution >= 4 is 5.91 Å². The standard InChI is InChI=1S/C21H31N5O3/c1-4-29-18-7-5-17(6-8-18)15-25-11-9-19-23-24-21(26(19)13-12-25)16(2)22-20(27)10-14-28-3/h5-8,16H,4,9-15H2,1-3H3,(H,22,27)/t16-/m1/s1. The predicted molar refractivity (Wildman–Crippen MR) is 110 cm³/mol. The summed E-state index contributed by atoms with van der Waals surface area (Å²) in [5, 5.41) is 11.7. The highest BCUT2D eigenvalue weighted by Crippen LogP contribution is 2.18. The van der Waals surface area contributed by atoms with Gasteiger partial charge in [0.25, 0.3) is 0 Å². The van der Waals surface area contributed by atoms with E-state index in [1.165, 1.54) is 5.56 Å². The first kappa shape index (κ1) is 21.3. The molecule has 0 unspecified atom stereocenters. The van der Waals surface area contributed by atoms with E-state index in [-0.39, 0.29) is 11.9 Å². The minimum absolute atomic E-state index is 0.0394. The van der Waals surface area contributed by atoms with Crippen molar-refractivity contribution in [3.05, 3.63) is 41.5 Å². The number of fused-ring (bicyclic) bond motifs is 1. The first-order valence-electron chi connectivity index (χ1n) is 10.2. The number of ether oxygens (including phenoxy) is 2. The second kappa shape index (κ2) is 10.4. The summed E-state index contributed by atoms with van der Waals surface area (Å²) in [5.74, 6) is 2.66. The van der Waals surface area contributed by atoms with Crippen LogP contribution in [0.3, 0.4) is 0 Å². The lowest BCUT2D eigenvalue weighted by molar-refractivity contribution is -0.122. The van der Waals surface area contributed by atoms with Crippen LogP contribution in [0.2, 0.25) is 0 Å². The van der Waals surface area contributed by atoms with E-state index in [0.29, 0.717) is 19.6 Å². The first-order valence-corrected chi connectivity index (χ1v) is 10.2. The number of methoxy groups -OCH3 is 1. The summed E-state index contributed by atoms with van der Waals surface area (Å²) in [7, 11) is 1.59. The van der Waals surface area contributed by atoms with Crippen molar-refractivity contribution in [2.24, 2.45) is 0 Å². The van der Waals surface area contributed by atoms with Crippen LogP contribution in [0.4, 0.5) is 0 Å². The summed E-state index contributed by atoms with van der Waals surface area (Å²) in [6, 6.07) is 8.12. The van der Waals surface area contributed by atoms with Crippen molar-refractivity contribution in [3.63, 3.8) is 0 Å². The Morgan fingerprint density at radius 1 is 1.21 bits per heavy atom. The van der Waals surface area contributed by atoms with Gasteiger partial charge in [-0.05, 0) is 31.5 Å². The minimum atomic E-state index is -0.182. The van der Waals surface area contributed by atoms with Crippen molar-refractivity contribution in [3.8, 4) is 5.75 Å². The van der Waals surface area contributed by atoms with Gasteiger partial charge in [-0.25, -0.2) is 0 Å². The normalized spacial score (nSPS) is 15.4. The minimum Gasteiger partial charge on any atom is -0.494 e. The van der Waals surface area contributed by atoms with E-state index >= 15 is 0 Å². The van der Waals surface area contributed by atoms with Crippen LogP contribution in [0, 0.1) is 0 Å². The van der Waals surface area contributed by atoms with Crippen LogP contribution in [0.1, 0.15) is 43.5 Å². The summed E-state index contributed by atoms with van der Waals surface area (Å²) < 4.78 is 12.6. The Morgan fingerprint density at radius 2 is 2.00 bits per heavy atom. The van der Waals surface area contributed by atoms with E-state index in [2.05, 4.69) is 37.1 Å². The van der Waals surface area contributed by atoms with Gasteiger partial charge in [0.05, 0.1) is 19.3 Å². The molecule has 1 aliphatic heterocycles. The summed E-state index contributed by atoms with van der Waals surface area (Å²) in [4.78, 5) is 14.4. The summed E-state index contributed by atoms with van der Waals surface area (Å²) in [6.07, 6.45) is 1.19. The lowest BCUT2D eigenvalue weighted by Gasteiger charge is -2.20. The highest BCUT2D eigenvalue weighted by Gasteiger charge is 2.22. The molecule has 29 heavy (non-hydrogen) atoms. The van der Waals surface area contributed by atoms with Crippen LogP contribution in [-0.4, -0.2) is 59.0 Å². The third kappa shape index (κ3) is 5.77. The maximum absolute atomic E-state index is 12.0. The topological polar surface area (TPSA) is 81.5 Å². The molecule has 1 atom stereocenters. The molecule has 0 spiro atoms. The molecule has 1 N–H and O–H groups in total. The van der Waals surface area contributed by atoms with E-state index in [4.69, 9.17) is 9.47 Å². The molecule has 0 bridgehead atoms. The molecule has 1 aliphatic rings. The number of aromatic nitrogens is 3. The van der Waals surface area contributed by atoms with Crippen molar-refractivity contribution in [2.45, 2.75) is 45.8 Å². The van der Waals surface area contributed by atoms with Crippen molar-refractivity contribution in [1.82, 2.24) is 25.0 Å². The molecular weight excluding hydrogens is 370 g/mol. The quantitative estimate of drug-likeness (QED) is 0.692. The summed E-state index contributed by atoms with van der Waals surface area (Å²) in [5.41, 5.74) is 1.27. The van der Waals surface area contributed by atoms with Crippen LogP contribution in [0.25, 0.3) is 0 Å². The molecule has 1 aromatic heterocycles. The van der Waals surface area contributed by atoms with Gasteiger partial charge in [0.15, 0.2) is 5.82 Å². The molecule has 0 radical (unpaired) electrons. The summed E-state index contributed by atoms with van der Waals surface area (Å²) >= 11 is 0. The van der Waals surface area contributed by atoms with E-state index in [9.17, 15) is 4.79 Å². The molecule has 8 heteroatoms. The van der Waals surface area contributed by atoms with E-state index in [1.807, 2.05) is 26.0 Å². The number of carbonyl (C=O) groups is 1. The molecule has 0 fully saturated rings. The van der Waals surface area contributed by atoms with Crippen molar-refractivity contribution in [1.29, 1.82) is 0 Å². The Hall–Kier alpha value is -2.45. The lowest BCUT2D eigenvalue weighted by atomic mass is 10.2. The molecular formula is C21H31N5O3. The Bertz CT molecular complexity index is 790. The summed E-state index contributed by atoms with van der Waals surface area (Å²) in [6.45, 7) is 8.58. The van der Waals surface area contributed by atoms with Crippen LogP contribution in [0.15, 0.2) is 24.3 Å². The molecule has 0 aliphatic carbocycles. The van der Waals surface area contributed by atoms with Crippen LogP contribution >= 0.6 is 0 Å². The zero-order valence-corrected chi connectivity index (χ0v) is 17.6. The highest BCUT2D eigenvalue weighted by molar-refractivity contribution is 5.76. The fraction of sp³-hybridized carbons (Fsp3) is 0.571. The molecule has 8 nitrogen and oxygen atoms in total. The third-order valence-corrected chi connectivity index (χ3v) is 5.09. The average Bonchev–Trinajstić information content (AvgIpc) is 3.03. The average molecular weight is 402 g/mol. The van der Waals surface area contributed by atoms with Crippen LogP contribution in [-0.2, 0) is 29.0 Å². The number of nitrogens with one attached hydrogen (secondary N) is 1. The molecule has 1 amide bonds. The van der Waals surface area contributed by atoms with Crippen molar-refractivity contribution in [2.75, 3.05) is 33.4 Å². The van der Waals surface area contributed by atoms with E-state index in [1.54, 1.807) is 7.11 Å². The fourth-order valence-corrected chi connectivity index (χ4v) is 3.56. The second-order valence-electron chi connectivity index (χ2n) is 7.26. The Kier molecular flexibility index (Phi) is 7.60. The molecule has 0 saturated heterocycles.